The molecule has 54 valence electrons. The summed E-state index contributed by atoms with van der Waals surface area (Å²) < 4.78 is 0. The first-order valence-electron chi connectivity index (χ1n) is 3.41. The third kappa shape index (κ3) is 0.883. The SMILES string of the molecule is Cc1nc2c(s1)CCC2S. The molecule has 0 N–H and O–H groups in total. The van der Waals surface area contributed by atoms with Crippen LogP contribution in [0.15, 0.2) is 0 Å². The molecule has 0 saturated carbocycles. The van der Waals surface area contributed by atoms with Crippen LogP contribution in [-0.4, -0.2) is 4.98 Å². The summed E-state index contributed by atoms with van der Waals surface area (Å²) in [5.74, 6) is 0. The summed E-state index contributed by atoms with van der Waals surface area (Å²) in [7, 11) is 0. The summed E-state index contributed by atoms with van der Waals surface area (Å²) >= 11 is 6.25. The molecule has 0 bridgehead atoms. The molecule has 0 saturated heterocycles. The van der Waals surface area contributed by atoms with Crippen LogP contribution in [0.5, 0.6) is 0 Å². The summed E-state index contributed by atoms with van der Waals surface area (Å²) in [5.41, 5.74) is 1.24. The maximum atomic E-state index is 4.43. The van der Waals surface area contributed by atoms with Crippen molar-refractivity contribution in [1.82, 2.24) is 4.98 Å². The first-order valence-corrected chi connectivity index (χ1v) is 4.75. The van der Waals surface area contributed by atoms with Gasteiger partial charge in [-0.2, -0.15) is 12.6 Å². The fourth-order valence-electron chi connectivity index (χ4n) is 1.33. The molecule has 1 aliphatic carbocycles. The average molecular weight is 171 g/mol. The van der Waals surface area contributed by atoms with Gasteiger partial charge in [-0.1, -0.05) is 0 Å². The average Bonchev–Trinajstić information content (AvgIpc) is 2.35. The lowest BCUT2D eigenvalue weighted by molar-refractivity contribution is 0.880. The Bertz CT molecular complexity index is 254. The molecular formula is C7H9NS2. The van der Waals surface area contributed by atoms with E-state index in [0.29, 0.717) is 5.25 Å². The Morgan fingerprint density at radius 2 is 2.50 bits per heavy atom. The molecule has 1 heterocycles. The summed E-state index contributed by atoms with van der Waals surface area (Å²) in [4.78, 5) is 5.87. The number of aryl methyl sites for hydroxylation is 2. The van der Waals surface area contributed by atoms with Crippen LogP contribution in [0.4, 0.5) is 0 Å². The molecule has 1 aromatic rings. The molecular weight excluding hydrogens is 162 g/mol. The van der Waals surface area contributed by atoms with E-state index >= 15 is 0 Å². The molecule has 0 spiro atoms. The van der Waals surface area contributed by atoms with Gasteiger partial charge in [0.2, 0.25) is 0 Å². The van der Waals surface area contributed by atoms with Gasteiger partial charge in [0.1, 0.15) is 0 Å². The second-order valence-electron chi connectivity index (χ2n) is 2.60. The normalized spacial score (nSPS) is 23.2. The summed E-state index contributed by atoms with van der Waals surface area (Å²) in [5, 5.41) is 1.60. The van der Waals surface area contributed by atoms with Gasteiger partial charge in [-0.15, -0.1) is 11.3 Å². The van der Waals surface area contributed by atoms with Crippen LogP contribution in [0.1, 0.15) is 27.2 Å². The third-order valence-electron chi connectivity index (χ3n) is 1.79. The quantitative estimate of drug-likeness (QED) is 0.591. The molecule has 1 aromatic heterocycles. The molecule has 0 fully saturated rings. The summed E-state index contributed by atoms with van der Waals surface area (Å²) in [6.07, 6.45) is 2.37. The Morgan fingerprint density at radius 3 is 3.20 bits per heavy atom. The molecule has 0 aliphatic heterocycles. The second-order valence-corrected chi connectivity index (χ2v) is 4.51. The molecule has 3 heteroatoms. The predicted molar refractivity (Wildman–Crippen MR) is 46.9 cm³/mol. The highest BCUT2D eigenvalue weighted by atomic mass is 32.1. The van der Waals surface area contributed by atoms with Crippen molar-refractivity contribution in [3.63, 3.8) is 0 Å². The van der Waals surface area contributed by atoms with Crippen molar-refractivity contribution in [3.8, 4) is 0 Å². The smallest absolute Gasteiger partial charge is 0.0900 e. The zero-order chi connectivity index (χ0) is 7.14. The Morgan fingerprint density at radius 1 is 1.70 bits per heavy atom. The molecule has 0 aromatic carbocycles. The number of nitrogens with zero attached hydrogens (tertiary/aromatic N) is 1. The monoisotopic (exact) mass is 171 g/mol. The lowest BCUT2D eigenvalue weighted by atomic mass is 10.3. The van der Waals surface area contributed by atoms with Crippen LogP contribution in [-0.2, 0) is 6.42 Å². The fraction of sp³-hybridized carbons (Fsp3) is 0.571. The molecule has 1 atom stereocenters. The number of hydrogen-bond donors (Lipinski definition) is 1. The molecule has 0 radical (unpaired) electrons. The first kappa shape index (κ1) is 6.68. The van der Waals surface area contributed by atoms with Gasteiger partial charge in [-0.05, 0) is 19.8 Å². The highest BCUT2D eigenvalue weighted by molar-refractivity contribution is 7.80. The Hall–Kier alpha value is -0.0200. The zero-order valence-corrected chi connectivity index (χ0v) is 7.51. The van der Waals surface area contributed by atoms with E-state index in [4.69, 9.17) is 0 Å². The topological polar surface area (TPSA) is 12.9 Å². The van der Waals surface area contributed by atoms with Crippen LogP contribution < -0.4 is 0 Å². The first-order chi connectivity index (χ1) is 4.77. The van der Waals surface area contributed by atoms with E-state index < -0.39 is 0 Å². The minimum atomic E-state index is 0.417. The highest BCUT2D eigenvalue weighted by Gasteiger charge is 2.22. The summed E-state index contributed by atoms with van der Waals surface area (Å²) in [6, 6.07) is 0. The van der Waals surface area contributed by atoms with E-state index in [1.165, 1.54) is 28.4 Å². The van der Waals surface area contributed by atoms with E-state index in [9.17, 15) is 0 Å². The number of aromatic nitrogens is 1. The van der Waals surface area contributed by atoms with Gasteiger partial charge in [0.25, 0.3) is 0 Å². The van der Waals surface area contributed by atoms with E-state index in [-0.39, 0.29) is 0 Å². The van der Waals surface area contributed by atoms with Gasteiger partial charge < -0.3 is 0 Å². The molecule has 10 heavy (non-hydrogen) atoms. The lowest BCUT2D eigenvalue weighted by Gasteiger charge is -1.95. The maximum absolute atomic E-state index is 4.43. The standard InChI is InChI=1S/C7H9NS2/c1-4-8-7-5(9)2-3-6(7)10-4/h5,9H,2-3H2,1H3. The van der Waals surface area contributed by atoms with Gasteiger partial charge in [-0.3, -0.25) is 0 Å². The molecule has 1 aliphatic rings. The van der Waals surface area contributed by atoms with Crippen LogP contribution in [0.2, 0.25) is 0 Å². The minimum absolute atomic E-state index is 0.417. The van der Waals surface area contributed by atoms with Crippen molar-refractivity contribution in [2.45, 2.75) is 25.0 Å². The Kier molecular flexibility index (Phi) is 1.49. The summed E-state index contributed by atoms with van der Waals surface area (Å²) in [6.45, 7) is 2.06. The van der Waals surface area contributed by atoms with Crippen LogP contribution in [0.25, 0.3) is 0 Å². The van der Waals surface area contributed by atoms with E-state index in [2.05, 4.69) is 24.5 Å². The van der Waals surface area contributed by atoms with Crippen molar-refractivity contribution in [2.24, 2.45) is 0 Å². The van der Waals surface area contributed by atoms with Gasteiger partial charge in [0, 0.05) is 10.1 Å². The zero-order valence-electron chi connectivity index (χ0n) is 5.79. The minimum Gasteiger partial charge on any atom is -0.245 e. The lowest BCUT2D eigenvalue weighted by Crippen LogP contribution is -1.83. The molecule has 1 nitrogen and oxygen atoms in total. The number of hydrogen-bond acceptors (Lipinski definition) is 3. The van der Waals surface area contributed by atoms with Crippen molar-refractivity contribution in [2.75, 3.05) is 0 Å². The van der Waals surface area contributed by atoms with Crippen LogP contribution in [0.3, 0.4) is 0 Å². The largest absolute Gasteiger partial charge is 0.245 e. The van der Waals surface area contributed by atoms with E-state index in [1.807, 2.05) is 11.3 Å². The van der Waals surface area contributed by atoms with Crippen molar-refractivity contribution < 1.29 is 0 Å². The van der Waals surface area contributed by atoms with Gasteiger partial charge in [-0.25, -0.2) is 4.98 Å². The Labute approximate surface area is 69.9 Å². The highest BCUT2D eigenvalue weighted by Crippen LogP contribution is 2.37. The third-order valence-corrected chi connectivity index (χ3v) is 3.34. The van der Waals surface area contributed by atoms with Crippen molar-refractivity contribution >= 4 is 24.0 Å². The fourth-order valence-corrected chi connectivity index (χ4v) is 2.77. The van der Waals surface area contributed by atoms with Crippen LogP contribution >= 0.6 is 24.0 Å². The Balaban J connectivity index is 2.49. The second kappa shape index (κ2) is 2.24. The van der Waals surface area contributed by atoms with Crippen LogP contribution in [0, 0.1) is 6.92 Å². The number of thiazole rings is 1. The van der Waals surface area contributed by atoms with Crippen molar-refractivity contribution in [3.05, 3.63) is 15.6 Å². The van der Waals surface area contributed by atoms with Gasteiger partial charge in [0.15, 0.2) is 0 Å². The van der Waals surface area contributed by atoms with E-state index in [0.717, 1.165) is 0 Å². The predicted octanol–water partition coefficient (Wildman–Crippen LogP) is 2.37. The number of fused-ring (bicyclic) bond motifs is 1. The van der Waals surface area contributed by atoms with Crippen molar-refractivity contribution in [1.29, 1.82) is 0 Å². The maximum Gasteiger partial charge on any atom is 0.0900 e. The van der Waals surface area contributed by atoms with E-state index in [1.54, 1.807) is 0 Å². The number of rotatable bonds is 0. The van der Waals surface area contributed by atoms with Gasteiger partial charge >= 0.3 is 0 Å². The molecule has 2 rings (SSSR count). The molecule has 0 amide bonds. The number of thiol groups is 1. The van der Waals surface area contributed by atoms with Gasteiger partial charge in [0.05, 0.1) is 10.7 Å². The molecule has 1 unspecified atom stereocenters.